The van der Waals surface area contributed by atoms with E-state index < -0.39 is 0 Å². The Hall–Kier alpha value is -1.88. The van der Waals surface area contributed by atoms with Crippen LogP contribution in [0.4, 0.5) is 0 Å². The second kappa shape index (κ2) is 6.08. The van der Waals surface area contributed by atoms with Crippen molar-refractivity contribution in [2.24, 2.45) is 0 Å². The van der Waals surface area contributed by atoms with Crippen LogP contribution in [0.15, 0.2) is 18.2 Å². The lowest BCUT2D eigenvalue weighted by Crippen LogP contribution is -2.47. The predicted octanol–water partition coefficient (Wildman–Crippen LogP) is 2.56. The molecule has 1 saturated heterocycles. The molecule has 1 aromatic carbocycles. The van der Waals surface area contributed by atoms with Crippen molar-refractivity contribution in [3.63, 3.8) is 0 Å². The zero-order valence-corrected chi connectivity index (χ0v) is 15.2. The molecule has 0 aromatic heterocycles. The van der Waals surface area contributed by atoms with E-state index in [4.69, 9.17) is 0 Å². The minimum Gasteiger partial charge on any atom is -0.349 e. The SMILES string of the molecule is O=C(NC1CCN(C2CCCC2)CC1)c1cccc2c1C(=O)NC21CC1. The fraction of sp³-hybridized carbons (Fsp3) is 0.619. The Morgan fingerprint density at radius 3 is 2.54 bits per heavy atom. The zero-order valence-electron chi connectivity index (χ0n) is 15.2. The van der Waals surface area contributed by atoms with Crippen molar-refractivity contribution < 1.29 is 9.59 Å². The molecule has 3 fully saturated rings. The number of rotatable bonds is 3. The molecular formula is C21H27N3O2. The van der Waals surface area contributed by atoms with Crippen LogP contribution < -0.4 is 10.6 Å². The van der Waals surface area contributed by atoms with Crippen molar-refractivity contribution >= 4 is 11.8 Å². The number of amides is 2. The molecule has 0 bridgehead atoms. The number of fused-ring (bicyclic) bond motifs is 2. The topological polar surface area (TPSA) is 61.4 Å². The summed E-state index contributed by atoms with van der Waals surface area (Å²) in [7, 11) is 0. The summed E-state index contributed by atoms with van der Waals surface area (Å²) in [5.41, 5.74) is 1.99. The summed E-state index contributed by atoms with van der Waals surface area (Å²) < 4.78 is 0. The standard InChI is InChI=1S/C21H27N3O2/c25-19(22-14-8-12-24(13-9-14)15-4-1-2-5-15)16-6-3-7-17-18(16)20(26)23-21(17)10-11-21/h3,6-7,14-15H,1-2,4-5,8-13H2,(H,22,25)(H,23,26). The van der Waals surface area contributed by atoms with Crippen LogP contribution in [0.3, 0.4) is 0 Å². The third-order valence-electron chi connectivity index (χ3n) is 6.86. The lowest BCUT2D eigenvalue weighted by molar-refractivity contribution is 0.0878. The Bertz CT molecular complexity index is 742. The summed E-state index contributed by atoms with van der Waals surface area (Å²) in [5, 5.41) is 6.28. The minimum atomic E-state index is -0.171. The van der Waals surface area contributed by atoms with Gasteiger partial charge in [-0.3, -0.25) is 9.59 Å². The van der Waals surface area contributed by atoms with Crippen molar-refractivity contribution in [3.05, 3.63) is 34.9 Å². The zero-order chi connectivity index (χ0) is 17.7. The van der Waals surface area contributed by atoms with Crippen molar-refractivity contribution in [1.29, 1.82) is 0 Å². The van der Waals surface area contributed by atoms with Gasteiger partial charge >= 0.3 is 0 Å². The molecule has 26 heavy (non-hydrogen) atoms. The van der Waals surface area contributed by atoms with Gasteiger partial charge in [0.1, 0.15) is 0 Å². The number of carbonyl (C=O) groups is 2. The number of nitrogens with zero attached hydrogens (tertiary/aromatic N) is 1. The fourth-order valence-corrected chi connectivity index (χ4v) is 5.19. The summed E-state index contributed by atoms with van der Waals surface area (Å²) in [4.78, 5) is 27.9. The largest absolute Gasteiger partial charge is 0.349 e. The van der Waals surface area contributed by atoms with E-state index in [0.717, 1.165) is 50.4 Å². The Balaban J connectivity index is 1.26. The van der Waals surface area contributed by atoms with E-state index in [1.54, 1.807) is 6.07 Å². The van der Waals surface area contributed by atoms with Gasteiger partial charge in [-0.2, -0.15) is 0 Å². The first-order valence-corrected chi connectivity index (χ1v) is 10.2. The quantitative estimate of drug-likeness (QED) is 0.878. The van der Waals surface area contributed by atoms with Gasteiger partial charge in [-0.15, -0.1) is 0 Å². The lowest BCUT2D eigenvalue weighted by Gasteiger charge is -2.36. The third kappa shape index (κ3) is 2.64. The molecule has 1 aromatic rings. The highest BCUT2D eigenvalue weighted by atomic mass is 16.2. The fourth-order valence-electron chi connectivity index (χ4n) is 5.19. The first kappa shape index (κ1) is 16.3. The highest BCUT2D eigenvalue weighted by Crippen LogP contribution is 2.50. The van der Waals surface area contributed by atoms with E-state index in [1.807, 2.05) is 12.1 Å². The minimum absolute atomic E-state index is 0.0840. The van der Waals surface area contributed by atoms with Gasteiger partial charge in [0, 0.05) is 25.2 Å². The molecule has 2 saturated carbocycles. The lowest BCUT2D eigenvalue weighted by atomic mass is 9.97. The molecule has 0 atom stereocenters. The van der Waals surface area contributed by atoms with Gasteiger partial charge in [0.05, 0.1) is 16.7 Å². The van der Waals surface area contributed by atoms with Crippen LogP contribution in [0.2, 0.25) is 0 Å². The Morgan fingerprint density at radius 2 is 1.85 bits per heavy atom. The van der Waals surface area contributed by atoms with Crippen molar-refractivity contribution in [2.45, 2.75) is 69.0 Å². The maximum Gasteiger partial charge on any atom is 0.253 e. The third-order valence-corrected chi connectivity index (χ3v) is 6.86. The van der Waals surface area contributed by atoms with Crippen LogP contribution in [-0.4, -0.2) is 41.9 Å². The first-order chi connectivity index (χ1) is 12.7. The van der Waals surface area contributed by atoms with E-state index >= 15 is 0 Å². The number of hydrogen-bond donors (Lipinski definition) is 2. The van der Waals surface area contributed by atoms with Crippen LogP contribution in [0.25, 0.3) is 0 Å². The van der Waals surface area contributed by atoms with E-state index in [2.05, 4.69) is 15.5 Å². The molecule has 0 unspecified atom stereocenters. The summed E-state index contributed by atoms with van der Waals surface area (Å²) in [6, 6.07) is 6.69. The average molecular weight is 353 g/mol. The summed E-state index contributed by atoms with van der Waals surface area (Å²) >= 11 is 0. The van der Waals surface area contributed by atoms with Crippen LogP contribution in [0.1, 0.15) is 77.6 Å². The number of nitrogens with one attached hydrogen (secondary N) is 2. The van der Waals surface area contributed by atoms with Crippen molar-refractivity contribution in [2.75, 3.05) is 13.1 Å². The molecule has 2 aliphatic carbocycles. The molecule has 138 valence electrons. The molecule has 2 N–H and O–H groups in total. The van der Waals surface area contributed by atoms with Gasteiger partial charge in [0.15, 0.2) is 0 Å². The van der Waals surface area contributed by atoms with E-state index in [1.165, 1.54) is 25.7 Å². The summed E-state index contributed by atoms with van der Waals surface area (Å²) in [6.07, 6.45) is 9.38. The summed E-state index contributed by atoms with van der Waals surface area (Å²) in [6.45, 7) is 2.15. The second-order valence-electron chi connectivity index (χ2n) is 8.49. The van der Waals surface area contributed by atoms with Gasteiger partial charge in [0.2, 0.25) is 0 Å². The Kier molecular flexibility index (Phi) is 3.82. The van der Waals surface area contributed by atoms with Gasteiger partial charge in [0.25, 0.3) is 11.8 Å². The number of benzene rings is 1. The van der Waals surface area contributed by atoms with Crippen LogP contribution >= 0.6 is 0 Å². The molecule has 1 spiro atoms. The molecule has 5 rings (SSSR count). The predicted molar refractivity (Wildman–Crippen MR) is 99.1 cm³/mol. The average Bonchev–Trinajstić information content (AvgIpc) is 3.11. The van der Waals surface area contributed by atoms with Gasteiger partial charge < -0.3 is 15.5 Å². The van der Waals surface area contributed by atoms with Crippen LogP contribution in [0, 0.1) is 0 Å². The van der Waals surface area contributed by atoms with E-state index in [9.17, 15) is 9.59 Å². The van der Waals surface area contributed by atoms with Crippen LogP contribution in [-0.2, 0) is 5.54 Å². The molecule has 5 nitrogen and oxygen atoms in total. The Morgan fingerprint density at radius 1 is 1.12 bits per heavy atom. The number of hydrogen-bond acceptors (Lipinski definition) is 3. The number of likely N-dealkylation sites (tertiary alicyclic amines) is 1. The molecule has 2 amide bonds. The molecule has 2 aliphatic heterocycles. The van der Waals surface area contributed by atoms with Gasteiger partial charge in [-0.05, 0) is 50.2 Å². The molecule has 4 aliphatic rings. The highest BCUT2D eigenvalue weighted by molar-refractivity contribution is 6.10. The summed E-state index contributed by atoms with van der Waals surface area (Å²) in [5.74, 6) is -0.173. The molecule has 5 heteroatoms. The maximum absolute atomic E-state index is 12.9. The van der Waals surface area contributed by atoms with Gasteiger partial charge in [-0.1, -0.05) is 25.0 Å². The van der Waals surface area contributed by atoms with Gasteiger partial charge in [-0.25, -0.2) is 0 Å². The van der Waals surface area contributed by atoms with E-state index in [0.29, 0.717) is 11.1 Å². The Labute approximate surface area is 154 Å². The smallest absolute Gasteiger partial charge is 0.253 e. The highest BCUT2D eigenvalue weighted by Gasteiger charge is 2.53. The normalized spacial score (nSPS) is 25.3. The van der Waals surface area contributed by atoms with E-state index in [-0.39, 0.29) is 23.4 Å². The monoisotopic (exact) mass is 353 g/mol. The second-order valence-corrected chi connectivity index (χ2v) is 8.49. The number of carbonyl (C=O) groups excluding carboxylic acids is 2. The number of piperidine rings is 1. The molecule has 0 radical (unpaired) electrons. The van der Waals surface area contributed by atoms with Crippen molar-refractivity contribution in [1.82, 2.24) is 15.5 Å². The van der Waals surface area contributed by atoms with Crippen molar-refractivity contribution in [3.8, 4) is 0 Å². The molecular weight excluding hydrogens is 326 g/mol. The van der Waals surface area contributed by atoms with Crippen LogP contribution in [0.5, 0.6) is 0 Å². The molecule has 2 heterocycles. The first-order valence-electron chi connectivity index (χ1n) is 10.2. The maximum atomic E-state index is 12.9.